The maximum atomic E-state index is 6.17. The lowest BCUT2D eigenvalue weighted by Gasteiger charge is -2.12. The number of aromatic nitrogens is 1. The zero-order valence-electron chi connectivity index (χ0n) is 14.4. The van der Waals surface area contributed by atoms with Crippen LogP contribution in [0.3, 0.4) is 0 Å². The standard InChI is InChI=1S/C21H17ClN2OS/c1-13-7-21(26-12-13)14-8-16(11-17(9-14)25-2)24-20-5-6-23-19-4-3-15(22)10-18(19)20/h3-12H,1-2H3,(H,23,24). The lowest BCUT2D eigenvalue weighted by Crippen LogP contribution is -1.94. The van der Waals surface area contributed by atoms with Gasteiger partial charge in [0.25, 0.3) is 0 Å². The molecule has 4 aromatic rings. The fraction of sp³-hybridized carbons (Fsp3) is 0.0952. The molecule has 0 aliphatic heterocycles. The second-order valence-electron chi connectivity index (χ2n) is 6.08. The van der Waals surface area contributed by atoms with Crippen LogP contribution in [0.15, 0.2) is 60.1 Å². The third-order valence-corrected chi connectivity index (χ3v) is 5.47. The molecule has 5 heteroatoms. The van der Waals surface area contributed by atoms with Gasteiger partial charge in [-0.25, -0.2) is 0 Å². The van der Waals surface area contributed by atoms with Crippen molar-refractivity contribution in [2.24, 2.45) is 0 Å². The Labute approximate surface area is 161 Å². The van der Waals surface area contributed by atoms with Crippen molar-refractivity contribution in [1.82, 2.24) is 4.98 Å². The van der Waals surface area contributed by atoms with Crippen molar-refractivity contribution in [3.8, 4) is 16.2 Å². The number of ether oxygens (including phenoxy) is 1. The quantitative estimate of drug-likeness (QED) is 0.429. The zero-order valence-corrected chi connectivity index (χ0v) is 16.0. The molecule has 0 aliphatic carbocycles. The van der Waals surface area contributed by atoms with Crippen molar-refractivity contribution in [2.45, 2.75) is 6.92 Å². The number of fused-ring (bicyclic) bond motifs is 1. The van der Waals surface area contributed by atoms with Gasteiger partial charge in [-0.05, 0) is 65.9 Å². The van der Waals surface area contributed by atoms with Gasteiger partial charge in [0, 0.05) is 38.9 Å². The van der Waals surface area contributed by atoms with Crippen molar-refractivity contribution < 1.29 is 4.74 Å². The Bertz CT molecular complexity index is 1090. The number of benzene rings is 2. The SMILES string of the molecule is COc1cc(Nc2ccnc3ccc(Cl)cc23)cc(-c2cc(C)cs2)c1. The largest absolute Gasteiger partial charge is 0.497 e. The van der Waals surface area contributed by atoms with E-state index < -0.39 is 0 Å². The van der Waals surface area contributed by atoms with E-state index in [0.717, 1.165) is 33.6 Å². The highest BCUT2D eigenvalue weighted by Gasteiger charge is 2.08. The highest BCUT2D eigenvalue weighted by atomic mass is 35.5. The Kier molecular flexibility index (Phi) is 4.53. The van der Waals surface area contributed by atoms with Gasteiger partial charge >= 0.3 is 0 Å². The molecule has 0 unspecified atom stereocenters. The van der Waals surface area contributed by atoms with Crippen LogP contribution in [0.25, 0.3) is 21.3 Å². The number of nitrogens with one attached hydrogen (secondary N) is 1. The molecule has 0 aliphatic rings. The van der Waals surface area contributed by atoms with Crippen LogP contribution in [-0.4, -0.2) is 12.1 Å². The van der Waals surface area contributed by atoms with Crippen LogP contribution in [0.1, 0.15) is 5.56 Å². The number of halogens is 1. The van der Waals surface area contributed by atoms with Crippen LogP contribution >= 0.6 is 22.9 Å². The molecule has 0 amide bonds. The summed E-state index contributed by atoms with van der Waals surface area (Å²) in [6.07, 6.45) is 1.79. The number of rotatable bonds is 4. The minimum absolute atomic E-state index is 0.689. The minimum atomic E-state index is 0.689. The van der Waals surface area contributed by atoms with Gasteiger partial charge in [-0.1, -0.05) is 11.6 Å². The lowest BCUT2D eigenvalue weighted by molar-refractivity contribution is 0.415. The van der Waals surface area contributed by atoms with E-state index in [-0.39, 0.29) is 0 Å². The molecule has 1 N–H and O–H groups in total. The predicted molar refractivity (Wildman–Crippen MR) is 111 cm³/mol. The van der Waals surface area contributed by atoms with Crippen molar-refractivity contribution in [3.05, 3.63) is 70.7 Å². The summed E-state index contributed by atoms with van der Waals surface area (Å²) in [6, 6.07) is 16.0. The molecule has 130 valence electrons. The van der Waals surface area contributed by atoms with Gasteiger partial charge in [0.15, 0.2) is 0 Å². The molecule has 26 heavy (non-hydrogen) atoms. The zero-order chi connectivity index (χ0) is 18.1. The van der Waals surface area contributed by atoms with E-state index in [1.165, 1.54) is 10.4 Å². The molecular weight excluding hydrogens is 364 g/mol. The molecule has 0 saturated heterocycles. The second kappa shape index (κ2) is 6.98. The lowest BCUT2D eigenvalue weighted by atomic mass is 10.1. The smallest absolute Gasteiger partial charge is 0.121 e. The Morgan fingerprint density at radius 2 is 1.96 bits per heavy atom. The molecule has 2 aromatic heterocycles. The maximum Gasteiger partial charge on any atom is 0.121 e. The first kappa shape index (κ1) is 16.9. The van der Waals surface area contributed by atoms with Crippen LogP contribution in [0.5, 0.6) is 5.75 Å². The Hall–Kier alpha value is -2.56. The van der Waals surface area contributed by atoms with E-state index in [4.69, 9.17) is 16.3 Å². The Morgan fingerprint density at radius 3 is 2.73 bits per heavy atom. The first-order chi connectivity index (χ1) is 12.6. The highest BCUT2D eigenvalue weighted by molar-refractivity contribution is 7.13. The van der Waals surface area contributed by atoms with Gasteiger partial charge in [0.1, 0.15) is 5.75 Å². The van der Waals surface area contributed by atoms with Crippen molar-refractivity contribution in [3.63, 3.8) is 0 Å². The van der Waals surface area contributed by atoms with Crippen LogP contribution in [0.2, 0.25) is 5.02 Å². The predicted octanol–water partition coefficient (Wildman–Crippen LogP) is 6.68. The van der Waals surface area contributed by atoms with Crippen molar-refractivity contribution in [2.75, 3.05) is 12.4 Å². The number of pyridine rings is 1. The van der Waals surface area contributed by atoms with Gasteiger partial charge in [-0.2, -0.15) is 0 Å². The van der Waals surface area contributed by atoms with Gasteiger partial charge in [0.2, 0.25) is 0 Å². The molecule has 0 spiro atoms. The Balaban J connectivity index is 1.78. The van der Waals surface area contributed by atoms with Gasteiger partial charge < -0.3 is 10.1 Å². The van der Waals surface area contributed by atoms with Crippen molar-refractivity contribution >= 4 is 45.2 Å². The van der Waals surface area contributed by atoms with Crippen LogP contribution in [0.4, 0.5) is 11.4 Å². The number of hydrogen-bond donors (Lipinski definition) is 1. The topological polar surface area (TPSA) is 34.1 Å². The van der Waals surface area contributed by atoms with Gasteiger partial charge in [0.05, 0.1) is 12.6 Å². The van der Waals surface area contributed by atoms with E-state index in [2.05, 4.69) is 40.8 Å². The number of anilines is 2. The monoisotopic (exact) mass is 380 g/mol. The summed E-state index contributed by atoms with van der Waals surface area (Å²) in [5.74, 6) is 0.812. The summed E-state index contributed by atoms with van der Waals surface area (Å²) < 4.78 is 5.50. The summed E-state index contributed by atoms with van der Waals surface area (Å²) in [5, 5.41) is 7.32. The van der Waals surface area contributed by atoms with Crippen molar-refractivity contribution in [1.29, 1.82) is 0 Å². The minimum Gasteiger partial charge on any atom is -0.497 e. The summed E-state index contributed by atoms with van der Waals surface area (Å²) in [7, 11) is 1.68. The van der Waals surface area contributed by atoms with E-state index >= 15 is 0 Å². The van der Waals surface area contributed by atoms with Crippen LogP contribution < -0.4 is 10.1 Å². The molecule has 3 nitrogen and oxygen atoms in total. The fourth-order valence-corrected chi connectivity index (χ4v) is 3.96. The number of aryl methyl sites for hydroxylation is 1. The maximum absolute atomic E-state index is 6.17. The first-order valence-corrected chi connectivity index (χ1v) is 9.44. The molecule has 0 fully saturated rings. The molecule has 2 heterocycles. The average Bonchev–Trinajstić information content (AvgIpc) is 3.08. The van der Waals surface area contributed by atoms with Crippen LogP contribution in [-0.2, 0) is 0 Å². The molecule has 0 bridgehead atoms. The molecule has 2 aromatic carbocycles. The van der Waals surface area contributed by atoms with E-state index in [0.29, 0.717) is 5.02 Å². The van der Waals surface area contributed by atoms with Gasteiger partial charge in [-0.3, -0.25) is 4.98 Å². The second-order valence-corrected chi connectivity index (χ2v) is 7.43. The van der Waals surface area contributed by atoms with E-state index in [1.807, 2.05) is 30.3 Å². The number of hydrogen-bond acceptors (Lipinski definition) is 4. The third-order valence-electron chi connectivity index (χ3n) is 4.14. The average molecular weight is 381 g/mol. The number of nitrogens with zero attached hydrogens (tertiary/aromatic N) is 1. The number of methoxy groups -OCH3 is 1. The van der Waals surface area contributed by atoms with E-state index in [1.54, 1.807) is 24.6 Å². The fourth-order valence-electron chi connectivity index (χ4n) is 2.90. The normalized spacial score (nSPS) is 10.9. The summed E-state index contributed by atoms with van der Waals surface area (Å²) in [6.45, 7) is 2.10. The third kappa shape index (κ3) is 3.39. The molecule has 0 radical (unpaired) electrons. The highest BCUT2D eigenvalue weighted by Crippen LogP contribution is 2.35. The summed E-state index contributed by atoms with van der Waals surface area (Å²) in [5.41, 5.74) is 5.20. The molecule has 4 rings (SSSR count). The first-order valence-electron chi connectivity index (χ1n) is 8.18. The Morgan fingerprint density at radius 1 is 1.08 bits per heavy atom. The summed E-state index contributed by atoms with van der Waals surface area (Å²) in [4.78, 5) is 5.62. The molecule has 0 saturated carbocycles. The molecule has 0 atom stereocenters. The van der Waals surface area contributed by atoms with E-state index in [9.17, 15) is 0 Å². The van der Waals surface area contributed by atoms with Crippen LogP contribution in [0, 0.1) is 6.92 Å². The molecular formula is C21H17ClN2OS. The van der Waals surface area contributed by atoms with Gasteiger partial charge in [-0.15, -0.1) is 11.3 Å². The number of thiophene rings is 1. The summed E-state index contributed by atoms with van der Waals surface area (Å²) >= 11 is 7.91.